The molecule has 0 radical (unpaired) electrons. The first-order chi connectivity index (χ1) is 32.0. The van der Waals surface area contributed by atoms with Crippen LogP contribution in [0.25, 0.3) is 0 Å². The van der Waals surface area contributed by atoms with Gasteiger partial charge in [-0.15, -0.1) is 0 Å². The lowest BCUT2D eigenvalue weighted by molar-refractivity contribution is -0.126. The zero-order chi connectivity index (χ0) is 46.1. The highest BCUT2D eigenvalue weighted by molar-refractivity contribution is 6.33. The fourth-order valence-corrected chi connectivity index (χ4v) is 11.0. The van der Waals surface area contributed by atoms with Gasteiger partial charge in [0.2, 0.25) is 0 Å². The Morgan fingerprint density at radius 1 is 0.508 bits per heavy atom. The third kappa shape index (κ3) is 20.5. The number of halogens is 1. The summed E-state index contributed by atoms with van der Waals surface area (Å²) in [5.74, 6) is -0.142. The average molecular weight is 914 g/mol. The largest absolute Gasteiger partial charge is 0.332 e. The molecule has 2 fully saturated rings. The van der Waals surface area contributed by atoms with Crippen LogP contribution in [-0.2, 0) is 11.3 Å². The minimum atomic E-state index is -0.932. The van der Waals surface area contributed by atoms with Crippen molar-refractivity contribution in [1.29, 1.82) is 5.26 Å². The number of carbonyl (C=O) groups excluding carboxylic acids is 2. The Hall–Kier alpha value is -2.91. The lowest BCUT2D eigenvalue weighted by Crippen LogP contribution is -2.49. The number of carbonyl (C=O) groups is 2. The highest BCUT2D eigenvalue weighted by atomic mass is 35.5. The number of urea groups is 1. The second-order valence-electron chi connectivity index (χ2n) is 20.4. The van der Waals surface area contributed by atoms with Crippen molar-refractivity contribution in [2.24, 2.45) is 0 Å². The highest BCUT2D eigenvalue weighted by Crippen LogP contribution is 2.43. The number of anilines is 1. The molecule has 1 saturated heterocycles. The summed E-state index contributed by atoms with van der Waals surface area (Å²) >= 11 is 6.66. The topological polar surface area (TPSA) is 77.3 Å². The number of rotatable bonds is 3. The van der Waals surface area contributed by atoms with Crippen LogP contribution in [0.5, 0.6) is 0 Å². The number of hydrogen-bond acceptors (Lipinski definition) is 4. The molecule has 0 unspecified atom stereocenters. The third-order valence-electron chi connectivity index (χ3n) is 15.0. The number of aromatic nitrogens is 1. The van der Waals surface area contributed by atoms with E-state index in [4.69, 9.17) is 11.6 Å². The Bertz CT molecular complexity index is 1560. The second kappa shape index (κ2) is 34.4. The molecule has 65 heavy (non-hydrogen) atoms. The van der Waals surface area contributed by atoms with Crippen molar-refractivity contribution in [3.63, 3.8) is 0 Å². The predicted octanol–water partition coefficient (Wildman–Crippen LogP) is 18.6. The van der Waals surface area contributed by atoms with E-state index in [2.05, 4.69) is 11.1 Å². The zero-order valence-electron chi connectivity index (χ0n) is 41.6. The molecule has 3 amide bonds. The van der Waals surface area contributed by atoms with Crippen LogP contribution in [0, 0.1) is 18.3 Å². The van der Waals surface area contributed by atoms with Gasteiger partial charge in [-0.25, -0.2) is 9.69 Å². The van der Waals surface area contributed by atoms with Crippen LogP contribution in [-0.4, -0.2) is 27.4 Å². The summed E-state index contributed by atoms with van der Waals surface area (Å²) in [5.41, 5.74) is 1.46. The fraction of sp³-hybridized carbons (Fsp3) is 0.759. The monoisotopic (exact) mass is 913 g/mol. The van der Waals surface area contributed by atoms with Gasteiger partial charge in [-0.3, -0.25) is 9.78 Å². The van der Waals surface area contributed by atoms with E-state index in [0.29, 0.717) is 41.2 Å². The first-order valence-corrected chi connectivity index (χ1v) is 28.1. The van der Waals surface area contributed by atoms with E-state index in [9.17, 15) is 10.1 Å². The van der Waals surface area contributed by atoms with Gasteiger partial charge in [0, 0.05) is 18.9 Å². The molecule has 4 rings (SSSR count). The standard InChI is InChI=1S/C58H93ClN4O2/c1-51-54(42-41-53(49-60)55(51)59)63-56(64)58(62(57(63)65)50-52-43-47-61-48-44-52)45-39-37-35-33-31-29-27-25-23-21-19-17-15-13-11-9-7-5-3-2-4-6-8-10-12-14-16-18-20-22-24-26-28-30-32-34-36-38-40-46-58/h41-44,47-48H,2-40,45-46,50H2,1H3. The lowest BCUT2D eigenvalue weighted by Gasteiger charge is -2.36. The predicted molar refractivity (Wildman–Crippen MR) is 276 cm³/mol. The first kappa shape index (κ1) is 54.7. The van der Waals surface area contributed by atoms with Crippen molar-refractivity contribution < 1.29 is 9.59 Å². The summed E-state index contributed by atoms with van der Waals surface area (Å²) in [7, 11) is 0. The molecular formula is C58H93ClN4O2. The van der Waals surface area contributed by atoms with Crippen molar-refractivity contribution in [3.05, 3.63) is 58.4 Å². The number of pyridine rings is 1. The van der Waals surface area contributed by atoms with Crippen molar-refractivity contribution in [1.82, 2.24) is 9.88 Å². The first-order valence-electron chi connectivity index (χ1n) is 27.7. The van der Waals surface area contributed by atoms with E-state index >= 15 is 4.79 Å². The van der Waals surface area contributed by atoms with E-state index < -0.39 is 5.54 Å². The van der Waals surface area contributed by atoms with Crippen LogP contribution in [0.15, 0.2) is 36.7 Å². The lowest BCUT2D eigenvalue weighted by atomic mass is 9.84. The average Bonchev–Trinajstić information content (AvgIpc) is 3.51. The van der Waals surface area contributed by atoms with Crippen LogP contribution in [0.2, 0.25) is 5.02 Å². The molecule has 1 aromatic heterocycles. The minimum absolute atomic E-state index is 0.142. The SMILES string of the molecule is Cc1c(N2C(=O)N(Cc3ccncc3)C3(CCCCCCCCCCCCCCCCCCCCCCCCCCCCCCCCCCCCCCCCC3)C2=O)ccc(C#N)c1Cl. The smallest absolute Gasteiger partial charge is 0.305 e. The molecule has 1 aromatic carbocycles. The number of nitriles is 1. The van der Waals surface area contributed by atoms with Crippen molar-refractivity contribution in [3.8, 4) is 6.07 Å². The summed E-state index contributed by atoms with van der Waals surface area (Å²) < 4.78 is 0. The van der Waals surface area contributed by atoms with Gasteiger partial charge in [0.05, 0.1) is 16.3 Å². The molecule has 7 heteroatoms. The minimum Gasteiger partial charge on any atom is -0.305 e. The van der Waals surface area contributed by atoms with Gasteiger partial charge in [-0.2, -0.15) is 5.26 Å². The molecule has 0 atom stereocenters. The van der Waals surface area contributed by atoms with Gasteiger partial charge >= 0.3 is 6.03 Å². The maximum Gasteiger partial charge on any atom is 0.332 e. The summed E-state index contributed by atoms with van der Waals surface area (Å²) in [4.78, 5) is 37.2. The van der Waals surface area contributed by atoms with Gasteiger partial charge in [0.25, 0.3) is 5.91 Å². The van der Waals surface area contributed by atoms with E-state index in [1.807, 2.05) is 24.0 Å². The Balaban J connectivity index is 1.31. The number of hydrogen-bond donors (Lipinski definition) is 0. The van der Waals surface area contributed by atoms with Crippen molar-refractivity contribution in [2.75, 3.05) is 4.90 Å². The number of amides is 3. The molecule has 0 N–H and O–H groups in total. The Morgan fingerprint density at radius 2 is 0.815 bits per heavy atom. The summed E-state index contributed by atoms with van der Waals surface area (Å²) in [6, 6.07) is 9.12. The summed E-state index contributed by atoms with van der Waals surface area (Å²) in [6.07, 6.45) is 57.1. The number of benzene rings is 1. The molecule has 1 aliphatic heterocycles. The van der Waals surface area contributed by atoms with Gasteiger partial charge in [0.1, 0.15) is 11.6 Å². The van der Waals surface area contributed by atoms with Crippen molar-refractivity contribution >= 4 is 29.2 Å². The fourth-order valence-electron chi connectivity index (χ4n) is 10.8. The zero-order valence-corrected chi connectivity index (χ0v) is 42.4. The number of imide groups is 1. The number of nitrogens with zero attached hydrogens (tertiary/aromatic N) is 4. The Labute approximate surface area is 403 Å². The maximum absolute atomic E-state index is 15.0. The summed E-state index contributed by atoms with van der Waals surface area (Å²) in [5, 5.41) is 9.96. The molecule has 1 aliphatic carbocycles. The van der Waals surface area contributed by atoms with E-state index in [-0.39, 0.29) is 11.9 Å². The van der Waals surface area contributed by atoms with Gasteiger partial charge < -0.3 is 4.90 Å². The van der Waals surface area contributed by atoms with Gasteiger partial charge in [-0.1, -0.05) is 262 Å². The normalized spacial score (nSPS) is 21.5. The second-order valence-corrected chi connectivity index (χ2v) is 20.7. The maximum atomic E-state index is 15.0. The Morgan fingerprint density at radius 3 is 1.12 bits per heavy atom. The Kier molecular flexibility index (Phi) is 28.9. The molecule has 2 aliphatic rings. The van der Waals surface area contributed by atoms with Crippen LogP contribution in [0.4, 0.5) is 10.5 Å². The van der Waals surface area contributed by atoms with Crippen LogP contribution >= 0.6 is 11.6 Å². The van der Waals surface area contributed by atoms with Crippen LogP contribution < -0.4 is 4.90 Å². The van der Waals surface area contributed by atoms with E-state index in [1.54, 1.807) is 24.5 Å². The van der Waals surface area contributed by atoms with E-state index in [0.717, 1.165) is 44.1 Å². The molecule has 0 bridgehead atoms. The molecule has 2 heterocycles. The van der Waals surface area contributed by atoms with Crippen LogP contribution in [0.3, 0.4) is 0 Å². The molecular weight excluding hydrogens is 820 g/mol. The molecule has 6 nitrogen and oxygen atoms in total. The summed E-state index contributed by atoms with van der Waals surface area (Å²) in [6.45, 7) is 2.16. The van der Waals surface area contributed by atoms with Crippen LogP contribution in [0.1, 0.15) is 280 Å². The van der Waals surface area contributed by atoms with E-state index in [1.165, 1.54) is 217 Å². The molecule has 364 valence electrons. The molecule has 1 spiro atoms. The van der Waals surface area contributed by atoms with Gasteiger partial charge in [-0.05, 0) is 55.2 Å². The highest BCUT2D eigenvalue weighted by Gasteiger charge is 2.57. The molecule has 2 aromatic rings. The van der Waals surface area contributed by atoms with Crippen molar-refractivity contribution in [2.45, 2.75) is 282 Å². The third-order valence-corrected chi connectivity index (χ3v) is 15.5. The van der Waals surface area contributed by atoms with Gasteiger partial charge in [0.15, 0.2) is 0 Å². The molecule has 1 saturated carbocycles. The quantitative estimate of drug-likeness (QED) is 0.287.